The van der Waals surface area contributed by atoms with Crippen molar-refractivity contribution in [3.63, 3.8) is 0 Å². The number of hydrogen-bond acceptors (Lipinski definition) is 8. The van der Waals surface area contributed by atoms with Gasteiger partial charge in [0.15, 0.2) is 17.0 Å². The predicted molar refractivity (Wildman–Crippen MR) is 136 cm³/mol. The summed E-state index contributed by atoms with van der Waals surface area (Å²) in [5.41, 5.74) is 10.7. The number of imidazole rings is 1. The topological polar surface area (TPSA) is 123 Å². The van der Waals surface area contributed by atoms with Gasteiger partial charge in [-0.1, -0.05) is 18.2 Å². The predicted octanol–water partition coefficient (Wildman–Crippen LogP) is 3.15. The number of halogens is 1. The molecule has 1 amide bonds. The van der Waals surface area contributed by atoms with E-state index in [2.05, 4.69) is 42.6 Å². The summed E-state index contributed by atoms with van der Waals surface area (Å²) >= 11 is 5.60. The second-order valence-corrected chi connectivity index (χ2v) is 8.43. The first kappa shape index (κ1) is 23.0. The van der Waals surface area contributed by atoms with Crippen LogP contribution in [0.2, 0.25) is 0 Å². The number of carbonyl (C=O) groups is 1. The van der Waals surface area contributed by atoms with Crippen LogP contribution in [0.5, 0.6) is 0 Å². The number of fused-ring (bicyclic) bond motifs is 1. The highest BCUT2D eigenvalue weighted by molar-refractivity contribution is 6.29. The van der Waals surface area contributed by atoms with Crippen LogP contribution in [0.3, 0.4) is 0 Å². The smallest absolute Gasteiger partial charge is 0.239 e. The molecule has 4 aromatic rings. The Labute approximate surface area is 207 Å². The highest BCUT2D eigenvalue weighted by Gasteiger charge is 2.14. The van der Waals surface area contributed by atoms with E-state index in [0.717, 1.165) is 44.2 Å². The molecule has 0 aliphatic carbocycles. The minimum atomic E-state index is -0.284. The SMILES string of the molecule is Nc1nc(Nc2ccc(CN3CCOCC3)cc2)nc2c1ncn2-c1cccc(NC(=O)CCl)c1. The summed E-state index contributed by atoms with van der Waals surface area (Å²) in [6.45, 7) is 4.35. The summed E-state index contributed by atoms with van der Waals surface area (Å²) in [6, 6.07) is 15.5. The van der Waals surface area contributed by atoms with Gasteiger partial charge in [-0.05, 0) is 35.9 Å². The van der Waals surface area contributed by atoms with Crippen molar-refractivity contribution < 1.29 is 9.53 Å². The molecule has 2 aromatic heterocycles. The first-order chi connectivity index (χ1) is 17.1. The van der Waals surface area contributed by atoms with Gasteiger partial charge in [0, 0.05) is 31.0 Å². The van der Waals surface area contributed by atoms with Gasteiger partial charge in [0.25, 0.3) is 0 Å². The molecule has 0 atom stereocenters. The van der Waals surface area contributed by atoms with Crippen LogP contribution in [0.4, 0.5) is 23.1 Å². The number of nitrogens with one attached hydrogen (secondary N) is 2. The van der Waals surface area contributed by atoms with Gasteiger partial charge in [0.05, 0.1) is 18.9 Å². The molecule has 0 spiro atoms. The summed E-state index contributed by atoms with van der Waals surface area (Å²) in [5.74, 6) is 0.231. The Morgan fingerprint density at radius 3 is 2.66 bits per heavy atom. The fourth-order valence-corrected chi connectivity index (χ4v) is 4.00. The molecular weight excluding hydrogens is 468 g/mol. The Kier molecular flexibility index (Phi) is 6.75. The summed E-state index contributed by atoms with van der Waals surface area (Å²) < 4.78 is 7.21. The van der Waals surface area contributed by atoms with E-state index in [9.17, 15) is 4.79 Å². The van der Waals surface area contributed by atoms with Gasteiger partial charge in [-0.25, -0.2) is 4.98 Å². The summed E-state index contributed by atoms with van der Waals surface area (Å²) in [6.07, 6.45) is 1.63. The number of nitrogens with zero attached hydrogens (tertiary/aromatic N) is 5. The van der Waals surface area contributed by atoms with Gasteiger partial charge < -0.3 is 21.1 Å². The maximum Gasteiger partial charge on any atom is 0.239 e. The van der Waals surface area contributed by atoms with Crippen molar-refractivity contribution in [2.45, 2.75) is 6.54 Å². The molecule has 2 aromatic carbocycles. The number of rotatable bonds is 7. The molecule has 0 bridgehead atoms. The molecule has 180 valence electrons. The molecule has 35 heavy (non-hydrogen) atoms. The molecule has 1 aliphatic heterocycles. The molecule has 0 radical (unpaired) electrons. The maximum atomic E-state index is 11.7. The monoisotopic (exact) mass is 492 g/mol. The molecule has 5 rings (SSSR count). The number of carbonyl (C=O) groups excluding carboxylic acids is 1. The Morgan fingerprint density at radius 2 is 1.89 bits per heavy atom. The molecule has 0 saturated carbocycles. The van der Waals surface area contributed by atoms with Crippen molar-refractivity contribution in [1.29, 1.82) is 0 Å². The van der Waals surface area contributed by atoms with Crippen LogP contribution in [0.25, 0.3) is 16.9 Å². The lowest BCUT2D eigenvalue weighted by Crippen LogP contribution is -2.35. The Bertz CT molecular complexity index is 1340. The first-order valence-electron chi connectivity index (χ1n) is 11.2. The molecule has 3 heterocycles. The van der Waals surface area contributed by atoms with Crippen LogP contribution < -0.4 is 16.4 Å². The Morgan fingerprint density at radius 1 is 1.09 bits per heavy atom. The summed E-state index contributed by atoms with van der Waals surface area (Å²) in [4.78, 5) is 27.4. The van der Waals surface area contributed by atoms with Gasteiger partial charge in [-0.15, -0.1) is 11.6 Å². The third kappa shape index (κ3) is 5.35. The van der Waals surface area contributed by atoms with Crippen LogP contribution in [0.15, 0.2) is 54.9 Å². The maximum absolute atomic E-state index is 11.7. The number of nitrogen functional groups attached to an aromatic ring is 1. The van der Waals surface area contributed by atoms with Gasteiger partial charge in [0.1, 0.15) is 12.2 Å². The lowest BCUT2D eigenvalue weighted by Gasteiger charge is -2.26. The average molecular weight is 493 g/mol. The van der Waals surface area contributed by atoms with E-state index in [1.807, 2.05) is 30.3 Å². The lowest BCUT2D eigenvalue weighted by molar-refractivity contribution is -0.113. The highest BCUT2D eigenvalue weighted by Crippen LogP contribution is 2.25. The minimum Gasteiger partial charge on any atom is -0.382 e. The number of alkyl halides is 1. The quantitative estimate of drug-likeness (QED) is 0.336. The normalized spacial score (nSPS) is 14.2. The van der Waals surface area contributed by atoms with Crippen molar-refractivity contribution in [3.05, 3.63) is 60.4 Å². The fraction of sp³-hybridized carbons (Fsp3) is 0.250. The van der Waals surface area contributed by atoms with E-state index in [4.69, 9.17) is 22.1 Å². The van der Waals surface area contributed by atoms with E-state index in [0.29, 0.717) is 22.8 Å². The molecule has 1 saturated heterocycles. The van der Waals surface area contributed by atoms with Crippen molar-refractivity contribution in [2.75, 3.05) is 48.6 Å². The third-order valence-corrected chi connectivity index (χ3v) is 5.92. The van der Waals surface area contributed by atoms with E-state index >= 15 is 0 Å². The van der Waals surface area contributed by atoms with E-state index in [1.165, 1.54) is 5.56 Å². The van der Waals surface area contributed by atoms with Crippen molar-refractivity contribution >= 4 is 51.8 Å². The third-order valence-electron chi connectivity index (χ3n) is 5.67. The second kappa shape index (κ2) is 10.3. The van der Waals surface area contributed by atoms with Crippen molar-refractivity contribution in [3.8, 4) is 5.69 Å². The molecule has 4 N–H and O–H groups in total. The van der Waals surface area contributed by atoms with E-state index < -0.39 is 0 Å². The number of nitrogens with two attached hydrogens (primary N) is 1. The molecule has 11 heteroatoms. The number of amides is 1. The Balaban J connectivity index is 1.37. The summed E-state index contributed by atoms with van der Waals surface area (Å²) in [7, 11) is 0. The second-order valence-electron chi connectivity index (χ2n) is 8.16. The molecule has 0 unspecified atom stereocenters. The zero-order chi connectivity index (χ0) is 24.2. The van der Waals surface area contributed by atoms with Gasteiger partial charge in [-0.3, -0.25) is 14.3 Å². The van der Waals surface area contributed by atoms with E-state index in [-0.39, 0.29) is 17.6 Å². The largest absolute Gasteiger partial charge is 0.382 e. The molecule has 1 fully saturated rings. The fourth-order valence-electron chi connectivity index (χ4n) is 3.93. The average Bonchev–Trinajstić information content (AvgIpc) is 3.31. The first-order valence-corrected chi connectivity index (χ1v) is 11.8. The number of morpholine rings is 1. The number of ether oxygens (including phenoxy) is 1. The number of hydrogen-bond donors (Lipinski definition) is 3. The van der Waals surface area contributed by atoms with Crippen LogP contribution >= 0.6 is 11.6 Å². The van der Waals surface area contributed by atoms with Gasteiger partial charge in [-0.2, -0.15) is 9.97 Å². The van der Waals surface area contributed by atoms with Gasteiger partial charge in [0.2, 0.25) is 11.9 Å². The number of anilines is 4. The zero-order valence-corrected chi connectivity index (χ0v) is 19.7. The van der Waals surface area contributed by atoms with Crippen LogP contribution in [0.1, 0.15) is 5.56 Å². The lowest BCUT2D eigenvalue weighted by atomic mass is 10.2. The standard InChI is InChI=1S/C24H25ClN8O2/c25-13-20(34)28-18-2-1-3-19(12-18)33-15-27-21-22(26)30-24(31-23(21)33)29-17-6-4-16(5-7-17)14-32-8-10-35-11-9-32/h1-7,12,15H,8-11,13-14H2,(H,28,34)(H3,26,29,30,31). The van der Waals surface area contributed by atoms with Crippen molar-refractivity contribution in [1.82, 2.24) is 24.4 Å². The van der Waals surface area contributed by atoms with Crippen LogP contribution in [0, 0.1) is 0 Å². The van der Waals surface area contributed by atoms with Gasteiger partial charge >= 0.3 is 0 Å². The minimum absolute atomic E-state index is 0.120. The molecule has 1 aliphatic rings. The van der Waals surface area contributed by atoms with Crippen molar-refractivity contribution in [2.24, 2.45) is 0 Å². The number of aromatic nitrogens is 4. The van der Waals surface area contributed by atoms with E-state index in [1.54, 1.807) is 17.0 Å². The van der Waals surface area contributed by atoms with Crippen LogP contribution in [-0.4, -0.2) is 62.5 Å². The zero-order valence-electron chi connectivity index (χ0n) is 18.9. The Hall–Kier alpha value is -3.73. The number of benzene rings is 2. The van der Waals surface area contributed by atoms with Crippen LogP contribution in [-0.2, 0) is 16.1 Å². The molecule has 10 nitrogen and oxygen atoms in total. The molecular formula is C24H25ClN8O2. The highest BCUT2D eigenvalue weighted by atomic mass is 35.5. The summed E-state index contributed by atoms with van der Waals surface area (Å²) in [5, 5.41) is 5.98.